The molecule has 0 fully saturated rings. The van der Waals surface area contributed by atoms with Crippen molar-refractivity contribution in [2.45, 2.75) is 6.92 Å². The van der Waals surface area contributed by atoms with Crippen LogP contribution >= 0.6 is 27.3 Å². The van der Waals surface area contributed by atoms with Gasteiger partial charge in [-0.15, -0.1) is 11.3 Å². The van der Waals surface area contributed by atoms with E-state index in [0.29, 0.717) is 5.46 Å². The summed E-state index contributed by atoms with van der Waals surface area (Å²) in [5.41, 5.74) is 1.59. The Morgan fingerprint density at radius 2 is 2.14 bits per heavy atom. The van der Waals surface area contributed by atoms with E-state index in [2.05, 4.69) is 15.9 Å². The maximum atomic E-state index is 9.20. The zero-order chi connectivity index (χ0) is 10.3. The lowest BCUT2D eigenvalue weighted by molar-refractivity contribution is 0.426. The topological polar surface area (TPSA) is 40.5 Å². The highest BCUT2D eigenvalue weighted by atomic mass is 79.9. The summed E-state index contributed by atoms with van der Waals surface area (Å²) in [6, 6.07) is 3.77. The molecule has 1 aromatic heterocycles. The van der Waals surface area contributed by atoms with Crippen molar-refractivity contribution in [3.8, 4) is 0 Å². The van der Waals surface area contributed by atoms with E-state index in [9.17, 15) is 10.0 Å². The van der Waals surface area contributed by atoms with Crippen LogP contribution in [0.15, 0.2) is 22.0 Å². The fourth-order valence-corrected chi connectivity index (χ4v) is 2.99. The Morgan fingerprint density at radius 1 is 1.43 bits per heavy atom. The van der Waals surface area contributed by atoms with Crippen molar-refractivity contribution < 1.29 is 10.0 Å². The molecular weight excluding hydrogens is 263 g/mol. The highest BCUT2D eigenvalue weighted by Gasteiger charge is 2.18. The zero-order valence-electron chi connectivity index (χ0n) is 7.49. The maximum Gasteiger partial charge on any atom is 0.489 e. The second kappa shape index (κ2) is 3.66. The Hall–Kier alpha value is -0.355. The first-order valence-electron chi connectivity index (χ1n) is 4.13. The SMILES string of the molecule is Cc1cc(B(O)O)c2sccc2c1Br. The van der Waals surface area contributed by atoms with Crippen molar-refractivity contribution >= 4 is 49.9 Å². The quantitative estimate of drug-likeness (QED) is 0.774. The van der Waals surface area contributed by atoms with Crippen LogP contribution in [0, 0.1) is 6.92 Å². The molecule has 2 aromatic rings. The predicted molar refractivity (Wildman–Crippen MR) is 64.1 cm³/mol. The van der Waals surface area contributed by atoms with Crippen LogP contribution in [0.25, 0.3) is 10.1 Å². The monoisotopic (exact) mass is 270 g/mol. The second-order valence-electron chi connectivity index (χ2n) is 3.13. The van der Waals surface area contributed by atoms with E-state index in [0.717, 1.165) is 20.1 Å². The smallest absolute Gasteiger partial charge is 0.423 e. The molecule has 0 unspecified atom stereocenters. The van der Waals surface area contributed by atoms with Crippen molar-refractivity contribution in [1.29, 1.82) is 0 Å². The summed E-state index contributed by atoms with van der Waals surface area (Å²) < 4.78 is 1.95. The van der Waals surface area contributed by atoms with Gasteiger partial charge in [0.05, 0.1) is 0 Å². The number of benzene rings is 1. The van der Waals surface area contributed by atoms with Crippen LogP contribution in [0.3, 0.4) is 0 Å². The lowest BCUT2D eigenvalue weighted by Gasteiger charge is -2.06. The molecule has 0 saturated carbocycles. The summed E-state index contributed by atoms with van der Waals surface area (Å²) in [6.45, 7) is 1.94. The second-order valence-corrected chi connectivity index (χ2v) is 4.84. The van der Waals surface area contributed by atoms with Crippen LogP contribution in [-0.2, 0) is 0 Å². The van der Waals surface area contributed by atoms with Gasteiger partial charge in [0.1, 0.15) is 0 Å². The number of hydrogen-bond donors (Lipinski definition) is 2. The van der Waals surface area contributed by atoms with E-state index in [1.165, 1.54) is 11.3 Å². The summed E-state index contributed by atoms with van der Waals surface area (Å²) in [5, 5.41) is 21.4. The van der Waals surface area contributed by atoms with Gasteiger partial charge in [-0.1, -0.05) is 6.07 Å². The summed E-state index contributed by atoms with van der Waals surface area (Å²) >= 11 is 5.00. The summed E-state index contributed by atoms with van der Waals surface area (Å²) in [7, 11) is -1.40. The van der Waals surface area contributed by atoms with Crippen molar-refractivity contribution in [3.05, 3.63) is 27.5 Å². The zero-order valence-corrected chi connectivity index (χ0v) is 9.89. The highest BCUT2D eigenvalue weighted by Crippen LogP contribution is 2.29. The minimum atomic E-state index is -1.40. The molecule has 0 bridgehead atoms. The van der Waals surface area contributed by atoms with E-state index < -0.39 is 7.12 Å². The molecule has 14 heavy (non-hydrogen) atoms. The predicted octanol–water partition coefficient (Wildman–Crippen LogP) is 1.65. The van der Waals surface area contributed by atoms with Gasteiger partial charge in [0.25, 0.3) is 0 Å². The van der Waals surface area contributed by atoms with Gasteiger partial charge in [-0.3, -0.25) is 0 Å². The van der Waals surface area contributed by atoms with Gasteiger partial charge in [0.2, 0.25) is 0 Å². The normalized spacial score (nSPS) is 10.9. The Balaban J connectivity index is 2.84. The lowest BCUT2D eigenvalue weighted by atomic mass is 9.79. The molecule has 2 nitrogen and oxygen atoms in total. The average Bonchev–Trinajstić information content (AvgIpc) is 2.59. The number of fused-ring (bicyclic) bond motifs is 1. The van der Waals surface area contributed by atoms with Crippen molar-refractivity contribution in [2.24, 2.45) is 0 Å². The molecule has 0 aliphatic rings. The van der Waals surface area contributed by atoms with Gasteiger partial charge in [-0.2, -0.15) is 0 Å². The largest absolute Gasteiger partial charge is 0.489 e. The molecular formula is C9H8BBrO2S. The Labute approximate surface area is 94.5 Å². The maximum absolute atomic E-state index is 9.20. The molecule has 5 heteroatoms. The first kappa shape index (κ1) is 10.2. The molecule has 1 heterocycles. The molecule has 0 aliphatic carbocycles. The number of thiophene rings is 1. The average molecular weight is 271 g/mol. The Morgan fingerprint density at radius 3 is 2.79 bits per heavy atom. The minimum Gasteiger partial charge on any atom is -0.423 e. The Kier molecular flexibility index (Phi) is 2.66. The molecule has 0 radical (unpaired) electrons. The fourth-order valence-electron chi connectivity index (χ4n) is 1.47. The summed E-state index contributed by atoms with van der Waals surface area (Å²) in [4.78, 5) is 0. The summed E-state index contributed by atoms with van der Waals surface area (Å²) in [6.07, 6.45) is 0. The van der Waals surface area contributed by atoms with E-state index in [-0.39, 0.29) is 0 Å². The van der Waals surface area contributed by atoms with Crippen molar-refractivity contribution in [2.75, 3.05) is 0 Å². The third-order valence-corrected chi connectivity index (χ3v) is 4.18. The van der Waals surface area contributed by atoms with Gasteiger partial charge < -0.3 is 10.0 Å². The van der Waals surface area contributed by atoms with Crippen LogP contribution in [0.2, 0.25) is 0 Å². The number of halogens is 1. The van der Waals surface area contributed by atoms with Gasteiger partial charge in [-0.05, 0) is 39.9 Å². The van der Waals surface area contributed by atoms with Crippen LogP contribution < -0.4 is 5.46 Å². The van der Waals surface area contributed by atoms with Crippen molar-refractivity contribution in [1.82, 2.24) is 0 Å². The third kappa shape index (κ3) is 1.50. The van der Waals surface area contributed by atoms with Gasteiger partial charge in [-0.25, -0.2) is 0 Å². The molecule has 2 N–H and O–H groups in total. The van der Waals surface area contributed by atoms with Gasteiger partial charge in [0.15, 0.2) is 0 Å². The van der Waals surface area contributed by atoms with Gasteiger partial charge >= 0.3 is 7.12 Å². The first-order valence-corrected chi connectivity index (χ1v) is 5.81. The number of aryl methyl sites for hydroxylation is 1. The molecule has 0 amide bonds. The van der Waals surface area contributed by atoms with Crippen LogP contribution in [-0.4, -0.2) is 17.2 Å². The lowest BCUT2D eigenvalue weighted by Crippen LogP contribution is -2.30. The molecule has 1 aromatic carbocycles. The minimum absolute atomic E-state index is 0.579. The van der Waals surface area contributed by atoms with Gasteiger partial charge in [0, 0.05) is 20.0 Å². The van der Waals surface area contributed by atoms with Crippen LogP contribution in [0.5, 0.6) is 0 Å². The highest BCUT2D eigenvalue weighted by molar-refractivity contribution is 9.10. The van der Waals surface area contributed by atoms with E-state index in [1.807, 2.05) is 18.4 Å². The van der Waals surface area contributed by atoms with Crippen LogP contribution in [0.1, 0.15) is 5.56 Å². The fraction of sp³-hybridized carbons (Fsp3) is 0.111. The molecule has 0 saturated heterocycles. The Bertz CT molecular complexity index is 481. The van der Waals surface area contributed by atoms with E-state index in [1.54, 1.807) is 6.07 Å². The van der Waals surface area contributed by atoms with Crippen LogP contribution in [0.4, 0.5) is 0 Å². The number of hydrogen-bond acceptors (Lipinski definition) is 3. The summed E-state index contributed by atoms with van der Waals surface area (Å²) in [5.74, 6) is 0. The molecule has 0 aliphatic heterocycles. The van der Waals surface area contributed by atoms with E-state index in [4.69, 9.17) is 0 Å². The van der Waals surface area contributed by atoms with E-state index >= 15 is 0 Å². The number of rotatable bonds is 1. The van der Waals surface area contributed by atoms with Crippen molar-refractivity contribution in [3.63, 3.8) is 0 Å². The molecule has 2 rings (SSSR count). The molecule has 0 spiro atoms. The standard InChI is InChI=1S/C9H8BBrO2S/c1-5-4-7(10(12)13)9-6(8(5)11)2-3-14-9/h2-4,12-13H,1H3. The third-order valence-electron chi connectivity index (χ3n) is 2.16. The first-order chi connectivity index (χ1) is 6.61. The molecule has 72 valence electrons. The molecule has 0 atom stereocenters.